The van der Waals surface area contributed by atoms with Gasteiger partial charge < -0.3 is 14.6 Å². The van der Waals surface area contributed by atoms with Crippen molar-refractivity contribution in [1.29, 1.82) is 0 Å². The van der Waals surface area contributed by atoms with Crippen LogP contribution >= 0.6 is 0 Å². The normalized spacial score (nSPS) is 20.4. The van der Waals surface area contributed by atoms with Crippen molar-refractivity contribution in [2.45, 2.75) is 51.4 Å². The van der Waals surface area contributed by atoms with Crippen molar-refractivity contribution in [3.63, 3.8) is 0 Å². The van der Waals surface area contributed by atoms with Gasteiger partial charge in [-0.3, -0.25) is 14.9 Å². The number of ketones is 1. The zero-order valence-corrected chi connectivity index (χ0v) is 16.1. The summed E-state index contributed by atoms with van der Waals surface area (Å²) in [6, 6.07) is 4.37. The average molecular weight is 372 g/mol. The van der Waals surface area contributed by atoms with Crippen LogP contribution < -0.4 is 5.32 Å². The maximum Gasteiger partial charge on any atom is 0.293 e. The SMILES string of the molecule is Cn1ccnc1C(=O)c1ccc(NC2CC(C)(C)OC2(C)C)c([N+](=O)[O-])c1. The maximum atomic E-state index is 12.6. The average Bonchev–Trinajstić information content (AvgIpc) is 3.06. The number of ether oxygens (including phenoxy) is 1. The van der Waals surface area contributed by atoms with Crippen molar-refractivity contribution in [1.82, 2.24) is 9.55 Å². The third kappa shape index (κ3) is 3.71. The molecule has 1 N–H and O–H groups in total. The van der Waals surface area contributed by atoms with E-state index >= 15 is 0 Å². The summed E-state index contributed by atoms with van der Waals surface area (Å²) in [4.78, 5) is 27.8. The minimum absolute atomic E-state index is 0.0951. The lowest BCUT2D eigenvalue weighted by atomic mass is 9.94. The summed E-state index contributed by atoms with van der Waals surface area (Å²) < 4.78 is 7.63. The molecule has 1 aromatic heterocycles. The van der Waals surface area contributed by atoms with Gasteiger partial charge >= 0.3 is 0 Å². The topological polar surface area (TPSA) is 99.3 Å². The number of imidazole rings is 1. The second-order valence-electron chi connectivity index (χ2n) is 8.05. The molecular formula is C19H24N4O4. The molecule has 8 heteroatoms. The molecule has 0 radical (unpaired) electrons. The molecule has 1 fully saturated rings. The fraction of sp³-hybridized carbons (Fsp3) is 0.474. The Morgan fingerprint density at radius 1 is 1.37 bits per heavy atom. The van der Waals surface area contributed by atoms with Gasteiger partial charge in [-0.2, -0.15) is 0 Å². The number of anilines is 1. The minimum atomic E-state index is -0.481. The fourth-order valence-corrected chi connectivity index (χ4v) is 3.63. The zero-order valence-electron chi connectivity index (χ0n) is 16.1. The Hall–Kier alpha value is -2.74. The van der Waals surface area contributed by atoms with Crippen molar-refractivity contribution in [3.8, 4) is 0 Å². The predicted octanol–water partition coefficient (Wildman–Crippen LogP) is 3.32. The number of aryl methyl sites for hydroxylation is 1. The summed E-state index contributed by atoms with van der Waals surface area (Å²) in [6.07, 6.45) is 3.88. The molecule has 1 aromatic carbocycles. The summed E-state index contributed by atoms with van der Waals surface area (Å²) in [7, 11) is 1.70. The van der Waals surface area contributed by atoms with E-state index in [-0.39, 0.29) is 34.5 Å². The smallest absolute Gasteiger partial charge is 0.293 e. The molecule has 0 bridgehead atoms. The van der Waals surface area contributed by atoms with Gasteiger partial charge in [-0.25, -0.2) is 4.98 Å². The van der Waals surface area contributed by atoms with E-state index in [1.165, 1.54) is 12.3 Å². The van der Waals surface area contributed by atoms with Crippen LogP contribution in [0.25, 0.3) is 0 Å². The van der Waals surface area contributed by atoms with Crippen LogP contribution in [-0.4, -0.2) is 37.5 Å². The van der Waals surface area contributed by atoms with E-state index in [0.717, 1.165) is 0 Å². The van der Waals surface area contributed by atoms with Crippen molar-refractivity contribution in [2.24, 2.45) is 7.05 Å². The molecule has 8 nitrogen and oxygen atoms in total. The molecule has 1 unspecified atom stereocenters. The number of nitro groups is 1. The highest BCUT2D eigenvalue weighted by Crippen LogP contribution is 2.40. The van der Waals surface area contributed by atoms with Gasteiger partial charge in [0, 0.05) is 31.1 Å². The molecule has 3 rings (SSSR count). The molecule has 1 aliphatic rings. The van der Waals surface area contributed by atoms with Gasteiger partial charge in [-0.05, 0) is 46.2 Å². The molecule has 1 aliphatic heterocycles. The van der Waals surface area contributed by atoms with Gasteiger partial charge in [-0.1, -0.05) is 0 Å². The monoisotopic (exact) mass is 372 g/mol. The van der Waals surface area contributed by atoms with E-state index < -0.39 is 10.5 Å². The Kier molecular flexibility index (Phi) is 4.55. The van der Waals surface area contributed by atoms with Gasteiger partial charge in [0.1, 0.15) is 5.69 Å². The number of nitrogens with one attached hydrogen (secondary N) is 1. The van der Waals surface area contributed by atoms with Crippen LogP contribution in [0.3, 0.4) is 0 Å². The van der Waals surface area contributed by atoms with E-state index in [4.69, 9.17) is 4.74 Å². The first-order valence-electron chi connectivity index (χ1n) is 8.77. The predicted molar refractivity (Wildman–Crippen MR) is 101 cm³/mol. The standard InChI is InChI=1S/C19H24N4O4/c1-18(2)11-15(19(3,4)27-18)21-13-7-6-12(10-14(13)23(25)26)16(24)17-20-8-9-22(17)5/h6-10,15,21H,11H2,1-5H3. The van der Waals surface area contributed by atoms with E-state index in [1.807, 2.05) is 27.7 Å². The molecule has 2 aromatic rings. The summed E-state index contributed by atoms with van der Waals surface area (Å²) >= 11 is 0. The summed E-state index contributed by atoms with van der Waals surface area (Å²) in [5.41, 5.74) is -0.335. The highest BCUT2D eigenvalue weighted by molar-refractivity contribution is 6.07. The second-order valence-corrected chi connectivity index (χ2v) is 8.05. The Labute approximate surface area is 157 Å². The lowest BCUT2D eigenvalue weighted by molar-refractivity contribution is -0.384. The minimum Gasteiger partial charge on any atom is -0.374 e. The van der Waals surface area contributed by atoms with Crippen molar-refractivity contribution >= 4 is 17.2 Å². The highest BCUT2D eigenvalue weighted by Gasteiger charge is 2.46. The Morgan fingerprint density at radius 2 is 2.07 bits per heavy atom. The van der Waals surface area contributed by atoms with Gasteiger partial charge in [0.05, 0.1) is 22.2 Å². The summed E-state index contributed by atoms with van der Waals surface area (Å²) in [5, 5.41) is 14.9. The Balaban J connectivity index is 1.92. The fourth-order valence-electron chi connectivity index (χ4n) is 3.63. The van der Waals surface area contributed by atoms with E-state index in [1.54, 1.807) is 29.9 Å². The van der Waals surface area contributed by atoms with Crippen LogP contribution in [0, 0.1) is 10.1 Å². The third-order valence-electron chi connectivity index (χ3n) is 4.88. The number of nitro benzene ring substituents is 1. The Morgan fingerprint density at radius 3 is 2.59 bits per heavy atom. The van der Waals surface area contributed by atoms with Crippen LogP contribution in [0.15, 0.2) is 30.6 Å². The highest BCUT2D eigenvalue weighted by atomic mass is 16.6. The largest absolute Gasteiger partial charge is 0.374 e. The number of aromatic nitrogens is 2. The molecule has 27 heavy (non-hydrogen) atoms. The first-order chi connectivity index (χ1) is 12.5. The first kappa shape index (κ1) is 19.0. The maximum absolute atomic E-state index is 12.6. The molecule has 0 saturated carbocycles. The van der Waals surface area contributed by atoms with Gasteiger partial charge in [0.2, 0.25) is 5.78 Å². The summed E-state index contributed by atoms with van der Waals surface area (Å²) in [6.45, 7) is 7.92. The van der Waals surface area contributed by atoms with Gasteiger partial charge in [0.25, 0.3) is 5.69 Å². The number of hydrogen-bond donors (Lipinski definition) is 1. The van der Waals surface area contributed by atoms with Crippen molar-refractivity contribution < 1.29 is 14.5 Å². The number of benzene rings is 1. The molecule has 2 heterocycles. The van der Waals surface area contributed by atoms with Crippen LogP contribution in [0.4, 0.5) is 11.4 Å². The van der Waals surface area contributed by atoms with Crippen LogP contribution in [0.5, 0.6) is 0 Å². The number of carbonyl (C=O) groups is 1. The molecular weight excluding hydrogens is 348 g/mol. The number of hydrogen-bond acceptors (Lipinski definition) is 6. The summed E-state index contributed by atoms with van der Waals surface area (Å²) in [5.74, 6) is -0.125. The quantitative estimate of drug-likeness (QED) is 0.491. The van der Waals surface area contributed by atoms with Crippen LogP contribution in [-0.2, 0) is 11.8 Å². The molecule has 0 spiro atoms. The number of carbonyl (C=O) groups excluding carboxylic acids is 1. The van der Waals surface area contributed by atoms with Crippen LogP contribution in [0.1, 0.15) is 50.3 Å². The lowest BCUT2D eigenvalue weighted by Gasteiger charge is -2.28. The number of nitrogens with zero attached hydrogens (tertiary/aromatic N) is 3. The van der Waals surface area contributed by atoms with Gasteiger partial charge in [-0.15, -0.1) is 0 Å². The Bertz CT molecular complexity index is 901. The molecule has 144 valence electrons. The number of rotatable bonds is 5. The van der Waals surface area contributed by atoms with E-state index in [9.17, 15) is 14.9 Å². The van der Waals surface area contributed by atoms with E-state index in [0.29, 0.717) is 12.1 Å². The lowest BCUT2D eigenvalue weighted by Crippen LogP contribution is -2.38. The third-order valence-corrected chi connectivity index (χ3v) is 4.88. The molecule has 0 aliphatic carbocycles. The zero-order chi connectivity index (χ0) is 20.0. The van der Waals surface area contributed by atoms with Crippen molar-refractivity contribution in [2.75, 3.05) is 5.32 Å². The van der Waals surface area contributed by atoms with Crippen molar-refractivity contribution in [3.05, 3.63) is 52.1 Å². The molecule has 1 atom stereocenters. The molecule has 1 saturated heterocycles. The second kappa shape index (κ2) is 6.45. The first-order valence-corrected chi connectivity index (χ1v) is 8.77. The van der Waals surface area contributed by atoms with E-state index in [2.05, 4.69) is 10.3 Å². The molecule has 0 amide bonds. The van der Waals surface area contributed by atoms with Gasteiger partial charge in [0.15, 0.2) is 5.82 Å². The van der Waals surface area contributed by atoms with Crippen LogP contribution in [0.2, 0.25) is 0 Å².